The van der Waals surface area contributed by atoms with E-state index in [2.05, 4.69) is 9.46 Å². The number of benzene rings is 2. The molecule has 0 saturated heterocycles. The third-order valence-electron chi connectivity index (χ3n) is 3.58. The van der Waals surface area contributed by atoms with Crippen LogP contribution < -0.4 is 14.2 Å². The molecule has 0 atom stereocenters. The number of sulfonamides is 1. The zero-order valence-electron chi connectivity index (χ0n) is 14.3. The van der Waals surface area contributed by atoms with Crippen molar-refractivity contribution in [3.63, 3.8) is 0 Å². The van der Waals surface area contributed by atoms with Gasteiger partial charge in [0, 0.05) is 18.7 Å². The number of halogens is 2. The fourth-order valence-electron chi connectivity index (χ4n) is 2.26. The number of nitro groups is 1. The Hall–Kier alpha value is -2.79. The van der Waals surface area contributed by atoms with Gasteiger partial charge in [-0.3, -0.25) is 10.1 Å². The first-order valence-electron chi connectivity index (χ1n) is 7.50. The summed E-state index contributed by atoms with van der Waals surface area (Å²) >= 11 is 0. The van der Waals surface area contributed by atoms with Crippen molar-refractivity contribution in [3.8, 4) is 11.5 Å². The van der Waals surface area contributed by atoms with Crippen LogP contribution in [0.3, 0.4) is 0 Å². The average molecular weight is 402 g/mol. The summed E-state index contributed by atoms with van der Waals surface area (Å²) in [6, 6.07) is 7.49. The lowest BCUT2D eigenvalue weighted by molar-refractivity contribution is -0.385. The maximum absolute atomic E-state index is 12.5. The Kier molecular flexibility index (Phi) is 6.28. The second-order valence-corrected chi connectivity index (χ2v) is 7.13. The molecule has 146 valence electrons. The van der Waals surface area contributed by atoms with E-state index in [9.17, 15) is 27.3 Å². The largest absolute Gasteiger partial charge is 0.493 e. The highest BCUT2D eigenvalue weighted by Crippen LogP contribution is 2.29. The zero-order valence-corrected chi connectivity index (χ0v) is 15.1. The lowest BCUT2D eigenvalue weighted by atomic mass is 10.2. The first kappa shape index (κ1) is 20.5. The molecule has 2 aromatic carbocycles. The van der Waals surface area contributed by atoms with E-state index in [0.717, 1.165) is 6.07 Å². The number of alkyl halides is 2. The second-order valence-electron chi connectivity index (χ2n) is 5.40. The highest BCUT2D eigenvalue weighted by atomic mass is 32.2. The fraction of sp³-hybridized carbons (Fsp3) is 0.250. The quantitative estimate of drug-likeness (QED) is 0.537. The third-order valence-corrected chi connectivity index (χ3v) is 5.13. The number of aryl methyl sites for hydroxylation is 1. The molecule has 0 bridgehead atoms. The van der Waals surface area contributed by atoms with E-state index in [1.54, 1.807) is 0 Å². The van der Waals surface area contributed by atoms with Crippen molar-refractivity contribution < 1.29 is 31.6 Å². The summed E-state index contributed by atoms with van der Waals surface area (Å²) in [6.45, 7) is -1.70. The van der Waals surface area contributed by atoms with Crippen LogP contribution in [0.25, 0.3) is 0 Å². The number of hydrogen-bond donors (Lipinski definition) is 1. The Balaban J connectivity index is 2.23. The molecule has 0 spiro atoms. The van der Waals surface area contributed by atoms with Crippen molar-refractivity contribution in [2.45, 2.75) is 25.0 Å². The molecule has 1 N–H and O–H groups in total. The lowest BCUT2D eigenvalue weighted by Crippen LogP contribution is -2.24. The van der Waals surface area contributed by atoms with E-state index in [-0.39, 0.29) is 28.6 Å². The van der Waals surface area contributed by atoms with Gasteiger partial charge in [-0.2, -0.15) is 8.78 Å². The molecule has 11 heteroatoms. The van der Waals surface area contributed by atoms with Crippen LogP contribution in [-0.2, 0) is 16.6 Å². The standard InChI is InChI=1S/C16H16F2N2O6S/c1-10-3-5-12(20(21)22)8-15(10)27(23,24)19-9-11-4-6-13(26-16(17)18)14(7-11)25-2/h3-8,16,19H,9H2,1-2H3. The number of hydrogen-bond acceptors (Lipinski definition) is 6. The maximum Gasteiger partial charge on any atom is 0.387 e. The van der Waals surface area contributed by atoms with Crippen molar-refractivity contribution in [2.24, 2.45) is 0 Å². The summed E-state index contributed by atoms with van der Waals surface area (Å²) in [5.74, 6) is -0.174. The Morgan fingerprint density at radius 3 is 2.48 bits per heavy atom. The van der Waals surface area contributed by atoms with Crippen LogP contribution in [0.5, 0.6) is 11.5 Å². The molecule has 0 saturated carbocycles. The molecule has 0 fully saturated rings. The fourth-order valence-corrected chi connectivity index (χ4v) is 3.54. The summed E-state index contributed by atoms with van der Waals surface area (Å²) in [4.78, 5) is 9.95. The van der Waals surface area contributed by atoms with E-state index in [1.807, 2.05) is 0 Å². The molecule has 2 rings (SSSR count). The molecule has 0 aromatic heterocycles. The molecule has 0 aliphatic carbocycles. The van der Waals surface area contributed by atoms with Gasteiger partial charge in [-0.1, -0.05) is 12.1 Å². The Morgan fingerprint density at radius 2 is 1.89 bits per heavy atom. The van der Waals surface area contributed by atoms with Gasteiger partial charge in [0.05, 0.1) is 16.9 Å². The topological polar surface area (TPSA) is 108 Å². The van der Waals surface area contributed by atoms with Crippen LogP contribution in [-0.4, -0.2) is 27.1 Å². The molecular weight excluding hydrogens is 386 g/mol. The minimum atomic E-state index is -4.04. The molecule has 0 amide bonds. The molecule has 0 unspecified atom stereocenters. The number of nitrogens with one attached hydrogen (secondary N) is 1. The molecule has 27 heavy (non-hydrogen) atoms. The van der Waals surface area contributed by atoms with E-state index >= 15 is 0 Å². The zero-order chi connectivity index (χ0) is 20.2. The van der Waals surface area contributed by atoms with Crippen molar-refractivity contribution in [3.05, 3.63) is 57.6 Å². The minimum absolute atomic E-state index is 0.0125. The second kappa shape index (κ2) is 8.27. The molecule has 0 heterocycles. The highest BCUT2D eigenvalue weighted by molar-refractivity contribution is 7.89. The first-order valence-corrected chi connectivity index (χ1v) is 8.99. The van der Waals surface area contributed by atoms with E-state index in [4.69, 9.17) is 4.74 Å². The number of ether oxygens (including phenoxy) is 2. The van der Waals surface area contributed by atoms with Crippen molar-refractivity contribution in [1.82, 2.24) is 4.72 Å². The molecule has 8 nitrogen and oxygen atoms in total. The Bertz CT molecular complexity index is 950. The van der Waals surface area contributed by atoms with Gasteiger partial charge < -0.3 is 9.47 Å². The number of non-ortho nitro benzene ring substituents is 1. The molecule has 0 aliphatic heterocycles. The first-order chi connectivity index (χ1) is 12.6. The monoisotopic (exact) mass is 402 g/mol. The van der Waals surface area contributed by atoms with Crippen LogP contribution in [0.1, 0.15) is 11.1 Å². The van der Waals surface area contributed by atoms with Crippen LogP contribution in [0.2, 0.25) is 0 Å². The van der Waals surface area contributed by atoms with Crippen molar-refractivity contribution >= 4 is 15.7 Å². The van der Waals surface area contributed by atoms with Crippen LogP contribution >= 0.6 is 0 Å². The number of nitrogens with zero attached hydrogens (tertiary/aromatic N) is 1. The SMILES string of the molecule is COc1cc(CNS(=O)(=O)c2cc([N+](=O)[O-])ccc2C)ccc1OC(F)F. The molecular formula is C16H16F2N2O6S. The predicted molar refractivity (Wildman–Crippen MR) is 91.5 cm³/mol. The third kappa shape index (κ3) is 5.11. The number of nitro benzene ring substituents is 1. The van der Waals surface area contributed by atoms with Gasteiger partial charge in [0.1, 0.15) is 0 Å². The summed E-state index contributed by atoms with van der Waals surface area (Å²) in [7, 11) is -2.78. The van der Waals surface area contributed by atoms with Crippen molar-refractivity contribution in [2.75, 3.05) is 7.11 Å². The van der Waals surface area contributed by atoms with Crippen LogP contribution in [0.4, 0.5) is 14.5 Å². The van der Waals surface area contributed by atoms with Gasteiger partial charge in [-0.25, -0.2) is 13.1 Å². The highest BCUT2D eigenvalue weighted by Gasteiger charge is 2.20. The maximum atomic E-state index is 12.5. The lowest BCUT2D eigenvalue weighted by Gasteiger charge is -2.12. The normalized spacial score (nSPS) is 11.4. The average Bonchev–Trinajstić information content (AvgIpc) is 2.60. The summed E-state index contributed by atoms with van der Waals surface area (Å²) in [6.07, 6.45) is 0. The summed E-state index contributed by atoms with van der Waals surface area (Å²) < 4.78 is 61.2. The van der Waals surface area contributed by atoms with E-state index < -0.39 is 21.6 Å². The number of methoxy groups -OCH3 is 1. The van der Waals surface area contributed by atoms with E-state index in [0.29, 0.717) is 11.1 Å². The summed E-state index contributed by atoms with van der Waals surface area (Å²) in [5, 5.41) is 10.9. The molecule has 2 aromatic rings. The smallest absolute Gasteiger partial charge is 0.387 e. The van der Waals surface area contributed by atoms with Gasteiger partial charge in [-0.05, 0) is 30.2 Å². The molecule has 0 aliphatic rings. The minimum Gasteiger partial charge on any atom is -0.493 e. The van der Waals surface area contributed by atoms with Crippen LogP contribution in [0, 0.1) is 17.0 Å². The summed E-state index contributed by atoms with van der Waals surface area (Å²) in [5.41, 5.74) is 0.405. The molecule has 0 radical (unpaired) electrons. The van der Waals surface area contributed by atoms with Gasteiger partial charge in [0.15, 0.2) is 11.5 Å². The van der Waals surface area contributed by atoms with Gasteiger partial charge in [0.2, 0.25) is 10.0 Å². The number of rotatable bonds is 8. The van der Waals surface area contributed by atoms with Crippen molar-refractivity contribution in [1.29, 1.82) is 0 Å². The predicted octanol–water partition coefficient (Wildman–Crippen LogP) is 2.99. The van der Waals surface area contributed by atoms with Gasteiger partial charge in [0.25, 0.3) is 5.69 Å². The van der Waals surface area contributed by atoms with E-state index in [1.165, 1.54) is 44.4 Å². The van der Waals surface area contributed by atoms with Crippen LogP contribution in [0.15, 0.2) is 41.3 Å². The van der Waals surface area contributed by atoms with Gasteiger partial charge in [-0.15, -0.1) is 0 Å². The Labute approximate surface area is 153 Å². The Morgan fingerprint density at radius 1 is 1.19 bits per heavy atom. The van der Waals surface area contributed by atoms with Gasteiger partial charge >= 0.3 is 6.61 Å².